The van der Waals surface area contributed by atoms with Crippen molar-refractivity contribution in [1.29, 1.82) is 0 Å². The van der Waals surface area contributed by atoms with Crippen molar-refractivity contribution < 1.29 is 14.7 Å². The monoisotopic (exact) mass is 228 g/mol. The van der Waals surface area contributed by atoms with Crippen molar-refractivity contribution in [2.24, 2.45) is 11.8 Å². The first-order chi connectivity index (χ1) is 7.41. The van der Waals surface area contributed by atoms with Crippen molar-refractivity contribution in [3.63, 3.8) is 0 Å². The molecule has 0 bridgehead atoms. The molecule has 0 aromatic carbocycles. The van der Waals surface area contributed by atoms with Crippen LogP contribution in [-0.2, 0) is 4.79 Å². The second kappa shape index (κ2) is 5.18. The summed E-state index contributed by atoms with van der Waals surface area (Å²) in [7, 11) is 0. The molecule has 0 saturated heterocycles. The molecule has 5 nitrogen and oxygen atoms in total. The molecule has 16 heavy (non-hydrogen) atoms. The minimum absolute atomic E-state index is 0.125. The smallest absolute Gasteiger partial charge is 0.326 e. The van der Waals surface area contributed by atoms with E-state index in [4.69, 9.17) is 5.11 Å². The molecule has 0 radical (unpaired) electrons. The van der Waals surface area contributed by atoms with Crippen LogP contribution >= 0.6 is 0 Å². The molecular weight excluding hydrogens is 208 g/mol. The van der Waals surface area contributed by atoms with Crippen LogP contribution in [0.2, 0.25) is 0 Å². The van der Waals surface area contributed by atoms with Crippen LogP contribution in [0.15, 0.2) is 0 Å². The van der Waals surface area contributed by atoms with E-state index in [-0.39, 0.29) is 18.0 Å². The molecule has 0 aromatic heterocycles. The molecule has 0 spiro atoms. The average molecular weight is 228 g/mol. The van der Waals surface area contributed by atoms with E-state index in [1.807, 2.05) is 6.92 Å². The van der Waals surface area contributed by atoms with E-state index in [9.17, 15) is 9.59 Å². The first-order valence-electron chi connectivity index (χ1n) is 5.71. The summed E-state index contributed by atoms with van der Waals surface area (Å²) in [5.74, 6) is -0.559. The standard InChI is InChI=1S/C11H20N2O3/c1-6(2)9(10(14)15)13-11(16)12-7(3)8-4-5-8/h6-9H,4-5H2,1-3H3,(H,14,15)(H2,12,13,16). The zero-order valence-electron chi connectivity index (χ0n) is 9.99. The van der Waals surface area contributed by atoms with E-state index in [0.717, 1.165) is 12.8 Å². The Morgan fingerprint density at radius 1 is 1.19 bits per heavy atom. The third-order valence-corrected chi connectivity index (χ3v) is 2.91. The van der Waals surface area contributed by atoms with Crippen LogP contribution in [0.3, 0.4) is 0 Å². The molecule has 5 heteroatoms. The van der Waals surface area contributed by atoms with Crippen molar-refractivity contribution in [2.75, 3.05) is 0 Å². The Kier molecular flexibility index (Phi) is 4.15. The number of carbonyl (C=O) groups excluding carboxylic acids is 1. The van der Waals surface area contributed by atoms with Crippen LogP contribution in [0.1, 0.15) is 33.6 Å². The van der Waals surface area contributed by atoms with Crippen LogP contribution in [0.4, 0.5) is 4.79 Å². The molecule has 1 aliphatic carbocycles. The maximum absolute atomic E-state index is 11.5. The Balaban J connectivity index is 2.38. The first-order valence-corrected chi connectivity index (χ1v) is 5.71. The number of carbonyl (C=O) groups is 2. The van der Waals surface area contributed by atoms with E-state index in [0.29, 0.717) is 5.92 Å². The SMILES string of the molecule is CC(C)C(NC(=O)NC(C)C1CC1)C(=O)O. The lowest BCUT2D eigenvalue weighted by molar-refractivity contribution is -0.140. The van der Waals surface area contributed by atoms with E-state index in [2.05, 4.69) is 10.6 Å². The van der Waals surface area contributed by atoms with Crippen molar-refractivity contribution in [3.8, 4) is 0 Å². The summed E-state index contributed by atoms with van der Waals surface area (Å²) in [6, 6.07) is -1.09. The number of nitrogens with one attached hydrogen (secondary N) is 2. The molecule has 1 aliphatic rings. The van der Waals surface area contributed by atoms with Gasteiger partial charge < -0.3 is 15.7 Å². The normalized spacial score (nSPS) is 19.0. The Labute approximate surface area is 95.6 Å². The highest BCUT2D eigenvalue weighted by molar-refractivity contribution is 5.82. The van der Waals surface area contributed by atoms with Crippen LogP contribution in [-0.4, -0.2) is 29.2 Å². The summed E-state index contributed by atoms with van der Waals surface area (Å²) in [6.07, 6.45) is 2.29. The predicted molar refractivity (Wildman–Crippen MR) is 60.1 cm³/mol. The van der Waals surface area contributed by atoms with Gasteiger partial charge in [-0.3, -0.25) is 0 Å². The molecular formula is C11H20N2O3. The van der Waals surface area contributed by atoms with Gasteiger partial charge in [0.1, 0.15) is 6.04 Å². The third kappa shape index (κ3) is 3.72. The molecule has 0 heterocycles. The summed E-state index contributed by atoms with van der Waals surface area (Å²) < 4.78 is 0. The second-order valence-electron chi connectivity index (χ2n) is 4.80. The van der Waals surface area contributed by atoms with Gasteiger partial charge in [-0.15, -0.1) is 0 Å². The molecule has 0 aromatic rings. The van der Waals surface area contributed by atoms with E-state index < -0.39 is 12.0 Å². The van der Waals surface area contributed by atoms with Gasteiger partial charge in [0.15, 0.2) is 0 Å². The summed E-state index contributed by atoms with van der Waals surface area (Å²) in [6.45, 7) is 5.48. The summed E-state index contributed by atoms with van der Waals surface area (Å²) in [5.41, 5.74) is 0. The predicted octanol–water partition coefficient (Wildman–Crippen LogP) is 1.19. The lowest BCUT2D eigenvalue weighted by Gasteiger charge is -2.20. The zero-order chi connectivity index (χ0) is 12.3. The van der Waals surface area contributed by atoms with Gasteiger partial charge in [0, 0.05) is 6.04 Å². The Morgan fingerprint density at radius 2 is 1.75 bits per heavy atom. The Bertz CT molecular complexity index is 274. The van der Waals surface area contributed by atoms with Crippen molar-refractivity contribution in [3.05, 3.63) is 0 Å². The maximum atomic E-state index is 11.5. The van der Waals surface area contributed by atoms with Crippen LogP contribution < -0.4 is 10.6 Å². The summed E-state index contributed by atoms with van der Waals surface area (Å²) in [5, 5.41) is 14.2. The van der Waals surface area contributed by atoms with Crippen LogP contribution in [0.5, 0.6) is 0 Å². The number of carboxylic acid groups (broad SMARTS) is 1. The molecule has 2 amide bonds. The van der Waals surface area contributed by atoms with Gasteiger partial charge in [-0.25, -0.2) is 9.59 Å². The highest BCUT2D eigenvalue weighted by atomic mass is 16.4. The van der Waals surface area contributed by atoms with Gasteiger partial charge in [0.05, 0.1) is 0 Å². The van der Waals surface area contributed by atoms with Gasteiger partial charge in [0.25, 0.3) is 0 Å². The van der Waals surface area contributed by atoms with E-state index >= 15 is 0 Å². The molecule has 3 N–H and O–H groups in total. The van der Waals surface area contributed by atoms with Gasteiger partial charge in [-0.2, -0.15) is 0 Å². The molecule has 1 saturated carbocycles. The minimum atomic E-state index is -0.996. The topological polar surface area (TPSA) is 78.4 Å². The Morgan fingerprint density at radius 3 is 2.12 bits per heavy atom. The molecule has 2 unspecified atom stereocenters. The fraction of sp³-hybridized carbons (Fsp3) is 0.818. The molecule has 92 valence electrons. The Hall–Kier alpha value is -1.26. The van der Waals surface area contributed by atoms with Crippen molar-refractivity contribution in [1.82, 2.24) is 10.6 Å². The lowest BCUT2D eigenvalue weighted by Crippen LogP contribution is -2.50. The largest absolute Gasteiger partial charge is 0.480 e. The number of carboxylic acids is 1. The number of hydrogen-bond donors (Lipinski definition) is 3. The van der Waals surface area contributed by atoms with Crippen molar-refractivity contribution in [2.45, 2.75) is 45.7 Å². The number of aliphatic carboxylic acids is 1. The average Bonchev–Trinajstić information content (AvgIpc) is 2.95. The second-order valence-corrected chi connectivity index (χ2v) is 4.80. The number of urea groups is 1. The van der Waals surface area contributed by atoms with Gasteiger partial charge in [-0.05, 0) is 31.6 Å². The number of amides is 2. The van der Waals surface area contributed by atoms with E-state index in [1.165, 1.54) is 0 Å². The zero-order valence-corrected chi connectivity index (χ0v) is 9.99. The van der Waals surface area contributed by atoms with E-state index in [1.54, 1.807) is 13.8 Å². The molecule has 2 atom stereocenters. The highest BCUT2D eigenvalue weighted by Gasteiger charge is 2.30. The molecule has 1 fully saturated rings. The fourth-order valence-electron chi connectivity index (χ4n) is 1.62. The highest BCUT2D eigenvalue weighted by Crippen LogP contribution is 2.32. The minimum Gasteiger partial charge on any atom is -0.480 e. The third-order valence-electron chi connectivity index (χ3n) is 2.91. The number of rotatable bonds is 5. The van der Waals surface area contributed by atoms with Gasteiger partial charge in [0.2, 0.25) is 0 Å². The van der Waals surface area contributed by atoms with Crippen LogP contribution in [0.25, 0.3) is 0 Å². The molecule has 0 aliphatic heterocycles. The summed E-state index contributed by atoms with van der Waals surface area (Å²) in [4.78, 5) is 22.4. The summed E-state index contributed by atoms with van der Waals surface area (Å²) >= 11 is 0. The van der Waals surface area contributed by atoms with Gasteiger partial charge >= 0.3 is 12.0 Å². The first kappa shape index (κ1) is 12.8. The quantitative estimate of drug-likeness (QED) is 0.661. The lowest BCUT2D eigenvalue weighted by atomic mass is 10.1. The maximum Gasteiger partial charge on any atom is 0.326 e. The van der Waals surface area contributed by atoms with Crippen molar-refractivity contribution >= 4 is 12.0 Å². The number of hydrogen-bond acceptors (Lipinski definition) is 2. The molecule has 1 rings (SSSR count). The van der Waals surface area contributed by atoms with Gasteiger partial charge in [-0.1, -0.05) is 13.8 Å². The fourth-order valence-corrected chi connectivity index (χ4v) is 1.62. The van der Waals surface area contributed by atoms with Crippen LogP contribution in [0, 0.1) is 11.8 Å².